The lowest BCUT2D eigenvalue weighted by atomic mass is 10.2. The molecule has 0 N–H and O–H groups in total. The van der Waals surface area contributed by atoms with Gasteiger partial charge in [0.2, 0.25) is 0 Å². The van der Waals surface area contributed by atoms with Gasteiger partial charge in [0, 0.05) is 18.8 Å². The van der Waals surface area contributed by atoms with E-state index in [1.54, 1.807) is 16.7 Å². The highest BCUT2D eigenvalue weighted by Gasteiger charge is 2.02. The Morgan fingerprint density at radius 1 is 1.33 bits per heavy atom. The van der Waals surface area contributed by atoms with Gasteiger partial charge in [0.25, 0.3) is 5.56 Å². The molecule has 0 saturated heterocycles. The van der Waals surface area contributed by atoms with Crippen LogP contribution in [-0.2, 0) is 13.0 Å². The fraction of sp³-hybridized carbons (Fsp3) is 0.333. The van der Waals surface area contributed by atoms with Crippen molar-refractivity contribution in [1.82, 2.24) is 9.55 Å². The molecule has 3 nitrogen and oxygen atoms in total. The highest BCUT2D eigenvalue weighted by atomic mass is 16.1. The Bertz CT molecular complexity index is 543. The van der Waals surface area contributed by atoms with Gasteiger partial charge in [-0.25, -0.2) is 0 Å². The van der Waals surface area contributed by atoms with E-state index in [0.29, 0.717) is 6.54 Å². The molecular formula is C12H14N2O. The number of hydrogen-bond donors (Lipinski definition) is 0. The second kappa shape index (κ2) is 3.85. The van der Waals surface area contributed by atoms with Crippen molar-refractivity contribution in [3.8, 4) is 0 Å². The lowest BCUT2D eigenvalue weighted by molar-refractivity contribution is 0.758. The third kappa shape index (κ3) is 1.65. The summed E-state index contributed by atoms with van der Waals surface area (Å²) in [6.45, 7) is 4.74. The Morgan fingerprint density at radius 3 is 2.80 bits per heavy atom. The lowest BCUT2D eigenvalue weighted by Gasteiger charge is -2.07. The predicted octanol–water partition coefficient (Wildman–Crippen LogP) is 1.98. The average molecular weight is 202 g/mol. The zero-order valence-corrected chi connectivity index (χ0v) is 9.03. The van der Waals surface area contributed by atoms with Crippen molar-refractivity contribution in [3.05, 3.63) is 40.3 Å². The molecule has 0 unspecified atom stereocenters. The first-order valence-corrected chi connectivity index (χ1v) is 5.24. The minimum atomic E-state index is 0.0417. The van der Waals surface area contributed by atoms with E-state index in [2.05, 4.69) is 11.9 Å². The highest BCUT2D eigenvalue weighted by molar-refractivity contribution is 5.74. The molecule has 3 heteroatoms. The topological polar surface area (TPSA) is 34.9 Å². The molecule has 0 atom stereocenters. The lowest BCUT2D eigenvalue weighted by Crippen LogP contribution is -2.18. The maximum atomic E-state index is 11.6. The van der Waals surface area contributed by atoms with Gasteiger partial charge in [0.05, 0.1) is 11.0 Å². The van der Waals surface area contributed by atoms with Crippen LogP contribution in [0.5, 0.6) is 0 Å². The van der Waals surface area contributed by atoms with Crippen LogP contribution in [0.15, 0.2) is 29.2 Å². The van der Waals surface area contributed by atoms with Crippen LogP contribution in [0.4, 0.5) is 0 Å². The summed E-state index contributed by atoms with van der Waals surface area (Å²) in [5.41, 5.74) is 3.02. The minimum absolute atomic E-state index is 0.0417. The summed E-state index contributed by atoms with van der Waals surface area (Å²) < 4.78 is 1.75. The molecule has 2 aromatic heterocycles. The maximum absolute atomic E-state index is 11.6. The normalized spacial score (nSPS) is 10.8. The van der Waals surface area contributed by atoms with Gasteiger partial charge in [-0.3, -0.25) is 9.78 Å². The van der Waals surface area contributed by atoms with Gasteiger partial charge in [-0.05, 0) is 31.0 Å². The third-order valence-corrected chi connectivity index (χ3v) is 2.62. The molecule has 0 spiro atoms. The molecule has 2 heterocycles. The molecule has 2 aromatic rings. The molecule has 0 aromatic carbocycles. The molecule has 0 fully saturated rings. The van der Waals surface area contributed by atoms with E-state index in [-0.39, 0.29) is 5.56 Å². The van der Waals surface area contributed by atoms with Gasteiger partial charge >= 0.3 is 0 Å². The van der Waals surface area contributed by atoms with Crippen LogP contribution in [0.25, 0.3) is 11.0 Å². The highest BCUT2D eigenvalue weighted by Crippen LogP contribution is 2.11. The minimum Gasteiger partial charge on any atom is -0.307 e. The van der Waals surface area contributed by atoms with Gasteiger partial charge < -0.3 is 4.57 Å². The van der Waals surface area contributed by atoms with E-state index >= 15 is 0 Å². The molecule has 15 heavy (non-hydrogen) atoms. The number of aromatic nitrogens is 2. The van der Waals surface area contributed by atoms with Crippen LogP contribution < -0.4 is 5.56 Å². The largest absolute Gasteiger partial charge is 0.307 e. The number of nitrogens with zero attached hydrogens (tertiary/aromatic N) is 2. The Balaban J connectivity index is 2.82. The van der Waals surface area contributed by atoms with Crippen LogP contribution in [0.3, 0.4) is 0 Å². The molecule has 0 bridgehead atoms. The molecular weight excluding hydrogens is 188 g/mol. The molecule has 0 aliphatic heterocycles. The van der Waals surface area contributed by atoms with Crippen molar-refractivity contribution in [2.24, 2.45) is 0 Å². The monoisotopic (exact) mass is 202 g/mol. The van der Waals surface area contributed by atoms with Gasteiger partial charge in [0.15, 0.2) is 0 Å². The molecule has 78 valence electrons. The first-order valence-electron chi connectivity index (χ1n) is 5.24. The molecule has 0 aliphatic rings. The van der Waals surface area contributed by atoms with Gasteiger partial charge in [-0.2, -0.15) is 0 Å². The summed E-state index contributed by atoms with van der Waals surface area (Å²) in [6, 6.07) is 5.40. The first-order chi connectivity index (χ1) is 7.26. The summed E-state index contributed by atoms with van der Waals surface area (Å²) in [5, 5.41) is 0. The maximum Gasteiger partial charge on any atom is 0.251 e. The molecule has 0 radical (unpaired) electrons. The van der Waals surface area contributed by atoms with Crippen LogP contribution >= 0.6 is 0 Å². The SMILES string of the molecule is CCc1cnc2ccc(=O)n(CC)c2c1. The predicted molar refractivity (Wildman–Crippen MR) is 61.1 cm³/mol. The summed E-state index contributed by atoms with van der Waals surface area (Å²) >= 11 is 0. The number of pyridine rings is 2. The third-order valence-electron chi connectivity index (χ3n) is 2.62. The first kappa shape index (κ1) is 9.90. The number of fused-ring (bicyclic) bond motifs is 1. The average Bonchev–Trinajstić information content (AvgIpc) is 2.28. The van der Waals surface area contributed by atoms with Crippen LogP contribution in [-0.4, -0.2) is 9.55 Å². The molecule has 0 aliphatic carbocycles. The van der Waals surface area contributed by atoms with Gasteiger partial charge in [-0.1, -0.05) is 6.92 Å². The van der Waals surface area contributed by atoms with Gasteiger partial charge in [0.1, 0.15) is 0 Å². The van der Waals surface area contributed by atoms with E-state index in [9.17, 15) is 4.79 Å². The number of hydrogen-bond acceptors (Lipinski definition) is 2. The molecule has 0 saturated carbocycles. The van der Waals surface area contributed by atoms with Crippen molar-refractivity contribution < 1.29 is 0 Å². The van der Waals surface area contributed by atoms with Crippen LogP contribution in [0, 0.1) is 0 Å². The molecule has 0 amide bonds. The van der Waals surface area contributed by atoms with Crippen molar-refractivity contribution in [2.45, 2.75) is 26.8 Å². The fourth-order valence-electron chi connectivity index (χ4n) is 1.73. The Labute approximate surface area is 88.4 Å². The van der Waals surface area contributed by atoms with Crippen molar-refractivity contribution >= 4 is 11.0 Å². The second-order valence-electron chi connectivity index (χ2n) is 3.52. The van der Waals surface area contributed by atoms with Crippen molar-refractivity contribution in [2.75, 3.05) is 0 Å². The summed E-state index contributed by atoms with van der Waals surface area (Å²) in [4.78, 5) is 15.9. The van der Waals surface area contributed by atoms with E-state index in [0.717, 1.165) is 23.0 Å². The number of rotatable bonds is 2. The zero-order valence-electron chi connectivity index (χ0n) is 9.03. The fourth-order valence-corrected chi connectivity index (χ4v) is 1.73. The van der Waals surface area contributed by atoms with Gasteiger partial charge in [-0.15, -0.1) is 0 Å². The smallest absolute Gasteiger partial charge is 0.251 e. The van der Waals surface area contributed by atoms with Crippen LogP contribution in [0.2, 0.25) is 0 Å². The van der Waals surface area contributed by atoms with Crippen molar-refractivity contribution in [1.29, 1.82) is 0 Å². The summed E-state index contributed by atoms with van der Waals surface area (Å²) in [5.74, 6) is 0. The second-order valence-corrected chi connectivity index (χ2v) is 3.52. The standard InChI is InChI=1S/C12H14N2O/c1-3-9-7-11-10(13-8-9)5-6-12(15)14(11)4-2/h5-8H,3-4H2,1-2H3. The number of aryl methyl sites for hydroxylation is 2. The Hall–Kier alpha value is -1.64. The Kier molecular flexibility index (Phi) is 2.54. The zero-order chi connectivity index (χ0) is 10.8. The summed E-state index contributed by atoms with van der Waals surface area (Å²) in [6.07, 6.45) is 2.81. The Morgan fingerprint density at radius 2 is 2.13 bits per heavy atom. The van der Waals surface area contributed by atoms with E-state index in [1.807, 2.05) is 19.2 Å². The quantitative estimate of drug-likeness (QED) is 0.746. The van der Waals surface area contributed by atoms with Crippen molar-refractivity contribution in [3.63, 3.8) is 0 Å². The molecule has 2 rings (SSSR count). The van der Waals surface area contributed by atoms with E-state index in [1.165, 1.54) is 0 Å². The van der Waals surface area contributed by atoms with E-state index in [4.69, 9.17) is 0 Å². The summed E-state index contributed by atoms with van der Waals surface area (Å²) in [7, 11) is 0. The van der Waals surface area contributed by atoms with E-state index < -0.39 is 0 Å². The van der Waals surface area contributed by atoms with Crippen LogP contribution in [0.1, 0.15) is 19.4 Å².